The maximum Gasteiger partial charge on any atom is 0.323 e. The van der Waals surface area contributed by atoms with Crippen LogP contribution in [-0.2, 0) is 0 Å². The summed E-state index contributed by atoms with van der Waals surface area (Å²) >= 11 is 0. The average Bonchev–Trinajstić information content (AvgIpc) is 2.41. The number of hydrogen-bond acceptors (Lipinski definition) is 4. The number of hydrogen-bond donors (Lipinski definition) is 3. The molecule has 7 heteroatoms. The van der Waals surface area contributed by atoms with Gasteiger partial charge in [0, 0.05) is 17.8 Å². The molecule has 0 radical (unpaired) electrons. The average molecular weight is 272 g/mol. The van der Waals surface area contributed by atoms with Gasteiger partial charge < -0.3 is 16.4 Å². The third kappa shape index (κ3) is 3.22. The molecule has 0 unspecified atom stereocenters. The standard InChI is InChI=1S/C13H12N4O3/c14-11-6-1-2-7-12(11)16-13(18)15-9-4-3-5-10(8-9)17(19)20/h1-8H,14H2,(H2,15,16,18). The fourth-order valence-corrected chi connectivity index (χ4v) is 1.59. The highest BCUT2D eigenvalue weighted by molar-refractivity contribution is 6.01. The summed E-state index contributed by atoms with van der Waals surface area (Å²) in [5, 5.41) is 15.7. The highest BCUT2D eigenvalue weighted by Gasteiger charge is 2.08. The van der Waals surface area contributed by atoms with E-state index in [1.165, 1.54) is 18.2 Å². The van der Waals surface area contributed by atoms with Crippen molar-refractivity contribution in [1.29, 1.82) is 0 Å². The number of urea groups is 1. The predicted octanol–water partition coefficient (Wildman–Crippen LogP) is 2.82. The second kappa shape index (κ2) is 5.70. The van der Waals surface area contributed by atoms with Crippen LogP contribution in [0.25, 0.3) is 0 Å². The molecule has 0 saturated carbocycles. The van der Waals surface area contributed by atoms with E-state index in [-0.39, 0.29) is 5.69 Å². The molecule has 0 atom stereocenters. The Bertz CT molecular complexity index is 658. The number of anilines is 3. The Morgan fingerprint density at radius 3 is 2.55 bits per heavy atom. The number of nitro groups is 1. The fraction of sp³-hybridized carbons (Fsp3) is 0. The number of nitrogens with one attached hydrogen (secondary N) is 2. The molecule has 2 aromatic rings. The number of non-ortho nitro benzene ring substituents is 1. The minimum Gasteiger partial charge on any atom is -0.397 e. The number of nitrogens with zero attached hydrogens (tertiary/aromatic N) is 1. The number of rotatable bonds is 3. The van der Waals surface area contributed by atoms with Gasteiger partial charge in [-0.2, -0.15) is 0 Å². The molecule has 0 spiro atoms. The molecule has 0 heterocycles. The maximum atomic E-state index is 11.8. The van der Waals surface area contributed by atoms with Crippen LogP contribution in [0.4, 0.5) is 27.5 Å². The molecule has 0 fully saturated rings. The number of benzene rings is 2. The van der Waals surface area contributed by atoms with Crippen LogP contribution >= 0.6 is 0 Å². The monoisotopic (exact) mass is 272 g/mol. The van der Waals surface area contributed by atoms with Crippen LogP contribution in [0.2, 0.25) is 0 Å². The molecule has 7 nitrogen and oxygen atoms in total. The molecular weight excluding hydrogens is 260 g/mol. The molecule has 0 bridgehead atoms. The second-order valence-corrected chi connectivity index (χ2v) is 3.97. The van der Waals surface area contributed by atoms with Gasteiger partial charge in [0.25, 0.3) is 5.69 Å². The Labute approximate surface area is 114 Å². The number of nitrogen functional groups attached to an aromatic ring is 1. The van der Waals surface area contributed by atoms with Crippen molar-refractivity contribution < 1.29 is 9.72 Å². The van der Waals surface area contributed by atoms with Gasteiger partial charge in [-0.25, -0.2) is 4.79 Å². The molecule has 0 aliphatic heterocycles. The van der Waals surface area contributed by atoms with Crippen LogP contribution in [0.5, 0.6) is 0 Å². The summed E-state index contributed by atoms with van der Waals surface area (Å²) in [7, 11) is 0. The summed E-state index contributed by atoms with van der Waals surface area (Å²) in [6.45, 7) is 0. The van der Waals surface area contributed by atoms with E-state index >= 15 is 0 Å². The van der Waals surface area contributed by atoms with Gasteiger partial charge in [-0.05, 0) is 18.2 Å². The second-order valence-electron chi connectivity index (χ2n) is 3.97. The molecule has 102 valence electrons. The summed E-state index contributed by atoms with van der Waals surface area (Å²) in [5.74, 6) is 0. The third-order valence-corrected chi connectivity index (χ3v) is 2.52. The lowest BCUT2D eigenvalue weighted by atomic mass is 10.2. The lowest BCUT2D eigenvalue weighted by Crippen LogP contribution is -2.20. The molecule has 2 rings (SSSR count). The quantitative estimate of drug-likeness (QED) is 0.453. The van der Waals surface area contributed by atoms with Gasteiger partial charge in [0.2, 0.25) is 0 Å². The Morgan fingerprint density at radius 2 is 1.85 bits per heavy atom. The number of nitro benzene ring substituents is 1. The lowest BCUT2D eigenvalue weighted by Gasteiger charge is -2.09. The van der Waals surface area contributed by atoms with Crippen LogP contribution in [-0.4, -0.2) is 11.0 Å². The van der Waals surface area contributed by atoms with E-state index in [2.05, 4.69) is 10.6 Å². The number of carbonyl (C=O) groups is 1. The first-order valence-electron chi connectivity index (χ1n) is 5.73. The van der Waals surface area contributed by atoms with E-state index in [0.717, 1.165) is 0 Å². The van der Waals surface area contributed by atoms with Gasteiger partial charge >= 0.3 is 6.03 Å². The smallest absolute Gasteiger partial charge is 0.323 e. The van der Waals surface area contributed by atoms with E-state index in [9.17, 15) is 14.9 Å². The van der Waals surface area contributed by atoms with E-state index in [4.69, 9.17) is 5.73 Å². The summed E-state index contributed by atoms with van der Waals surface area (Å²) in [6.07, 6.45) is 0. The first-order valence-corrected chi connectivity index (χ1v) is 5.73. The van der Waals surface area contributed by atoms with Gasteiger partial charge in [-0.15, -0.1) is 0 Å². The van der Waals surface area contributed by atoms with E-state index in [0.29, 0.717) is 17.1 Å². The number of amides is 2. The van der Waals surface area contributed by atoms with E-state index in [1.54, 1.807) is 30.3 Å². The molecular formula is C13H12N4O3. The van der Waals surface area contributed by atoms with Crippen molar-refractivity contribution in [2.24, 2.45) is 0 Å². The summed E-state index contributed by atoms with van der Waals surface area (Å²) in [4.78, 5) is 21.9. The SMILES string of the molecule is Nc1ccccc1NC(=O)Nc1cccc([N+](=O)[O-])c1. The first-order chi connectivity index (χ1) is 9.56. The van der Waals surface area contributed by atoms with Gasteiger partial charge in [-0.3, -0.25) is 10.1 Å². The van der Waals surface area contributed by atoms with Crippen molar-refractivity contribution in [3.63, 3.8) is 0 Å². The summed E-state index contributed by atoms with van der Waals surface area (Å²) < 4.78 is 0. The Balaban J connectivity index is 2.07. The Kier molecular flexibility index (Phi) is 3.80. The third-order valence-electron chi connectivity index (χ3n) is 2.52. The van der Waals surface area contributed by atoms with Crippen molar-refractivity contribution in [3.05, 3.63) is 58.6 Å². The number of carbonyl (C=O) groups excluding carboxylic acids is 1. The minimum atomic E-state index is -0.529. The van der Waals surface area contributed by atoms with Gasteiger partial charge in [-0.1, -0.05) is 18.2 Å². The van der Waals surface area contributed by atoms with Gasteiger partial charge in [0.15, 0.2) is 0 Å². The van der Waals surface area contributed by atoms with Crippen molar-refractivity contribution >= 4 is 28.8 Å². The molecule has 2 amide bonds. The van der Waals surface area contributed by atoms with E-state index < -0.39 is 11.0 Å². The Hall–Kier alpha value is -3.09. The van der Waals surface area contributed by atoms with E-state index in [1.807, 2.05) is 0 Å². The highest BCUT2D eigenvalue weighted by atomic mass is 16.6. The molecule has 4 N–H and O–H groups in total. The number of para-hydroxylation sites is 2. The summed E-state index contributed by atoms with van der Waals surface area (Å²) in [5.41, 5.74) is 6.82. The topological polar surface area (TPSA) is 110 Å². The van der Waals surface area contributed by atoms with Crippen molar-refractivity contribution in [2.45, 2.75) is 0 Å². The van der Waals surface area contributed by atoms with Crippen LogP contribution in [0, 0.1) is 10.1 Å². The molecule has 20 heavy (non-hydrogen) atoms. The zero-order valence-electron chi connectivity index (χ0n) is 10.4. The minimum absolute atomic E-state index is 0.0953. The Morgan fingerprint density at radius 1 is 1.10 bits per heavy atom. The zero-order chi connectivity index (χ0) is 14.5. The van der Waals surface area contributed by atoms with Crippen LogP contribution in [0.15, 0.2) is 48.5 Å². The first kappa shape index (κ1) is 13.3. The van der Waals surface area contributed by atoms with Crippen LogP contribution in [0.3, 0.4) is 0 Å². The normalized spacial score (nSPS) is 9.80. The largest absolute Gasteiger partial charge is 0.397 e. The zero-order valence-corrected chi connectivity index (χ0v) is 10.4. The summed E-state index contributed by atoms with van der Waals surface area (Å²) in [6, 6.07) is 11.9. The van der Waals surface area contributed by atoms with Gasteiger partial charge in [0.1, 0.15) is 0 Å². The lowest BCUT2D eigenvalue weighted by molar-refractivity contribution is -0.384. The van der Waals surface area contributed by atoms with Crippen molar-refractivity contribution in [1.82, 2.24) is 0 Å². The molecule has 0 saturated heterocycles. The van der Waals surface area contributed by atoms with Crippen molar-refractivity contribution in [2.75, 3.05) is 16.4 Å². The highest BCUT2D eigenvalue weighted by Crippen LogP contribution is 2.19. The number of nitrogens with two attached hydrogens (primary N) is 1. The van der Waals surface area contributed by atoms with Crippen LogP contribution < -0.4 is 16.4 Å². The fourth-order valence-electron chi connectivity index (χ4n) is 1.59. The van der Waals surface area contributed by atoms with Crippen molar-refractivity contribution in [3.8, 4) is 0 Å². The van der Waals surface area contributed by atoms with Crippen LogP contribution in [0.1, 0.15) is 0 Å². The molecule has 0 aliphatic rings. The van der Waals surface area contributed by atoms with Gasteiger partial charge in [0.05, 0.1) is 16.3 Å². The predicted molar refractivity (Wildman–Crippen MR) is 76.6 cm³/mol. The molecule has 0 aromatic heterocycles. The molecule has 2 aromatic carbocycles. The maximum absolute atomic E-state index is 11.8. The molecule has 0 aliphatic carbocycles.